The fraction of sp³-hybridized carbons (Fsp3) is 0.154. The van der Waals surface area contributed by atoms with Crippen molar-refractivity contribution in [3.05, 3.63) is 53.1 Å². The highest BCUT2D eigenvalue weighted by molar-refractivity contribution is 5.85. The summed E-state index contributed by atoms with van der Waals surface area (Å²) >= 11 is 0. The van der Waals surface area contributed by atoms with Crippen LogP contribution in [0.3, 0.4) is 0 Å². The second-order valence-corrected chi connectivity index (χ2v) is 3.86. The number of carbonyl (C=O) groups is 1. The first-order valence-electron chi connectivity index (χ1n) is 5.51. The van der Waals surface area contributed by atoms with Crippen molar-refractivity contribution in [2.24, 2.45) is 0 Å². The number of carboxylic acid groups (broad SMARTS) is 1. The molecule has 0 atom stereocenters. The molecule has 98 valence electrons. The maximum atomic E-state index is 13.4. The smallest absolute Gasteiger partial charge is 0.354 e. The minimum absolute atomic E-state index is 0.0603. The largest absolute Gasteiger partial charge is 0.477 e. The molecule has 0 amide bonds. The van der Waals surface area contributed by atoms with Gasteiger partial charge in [0.2, 0.25) is 0 Å². The number of benzene rings is 1. The molecule has 0 saturated heterocycles. The van der Waals surface area contributed by atoms with E-state index in [1.165, 1.54) is 12.1 Å². The lowest BCUT2D eigenvalue weighted by Crippen LogP contribution is -2.07. The lowest BCUT2D eigenvalue weighted by atomic mass is 10.2. The highest BCUT2D eigenvalue weighted by Crippen LogP contribution is 2.12. The van der Waals surface area contributed by atoms with Gasteiger partial charge < -0.3 is 9.84 Å². The van der Waals surface area contributed by atoms with Gasteiger partial charge in [-0.2, -0.15) is 4.98 Å². The molecule has 1 N–H and O–H groups in total. The maximum Gasteiger partial charge on any atom is 0.354 e. The maximum absolute atomic E-state index is 13.4. The molecule has 1 heterocycles. The van der Waals surface area contributed by atoms with E-state index in [0.29, 0.717) is 11.3 Å². The number of aromatic nitrogens is 2. The predicted octanol–water partition coefficient (Wildman–Crippen LogP) is 2.20. The first-order chi connectivity index (χ1) is 9.06. The van der Waals surface area contributed by atoms with Crippen LogP contribution in [-0.2, 0) is 6.61 Å². The van der Waals surface area contributed by atoms with Crippen LogP contribution >= 0.6 is 0 Å². The van der Waals surface area contributed by atoms with Crippen LogP contribution < -0.4 is 4.74 Å². The number of aromatic carboxylic acids is 1. The summed E-state index contributed by atoms with van der Waals surface area (Å²) in [5, 5.41) is 8.86. The normalized spacial score (nSPS) is 10.2. The molecule has 0 aliphatic heterocycles. The van der Waals surface area contributed by atoms with Gasteiger partial charge in [0.05, 0.1) is 0 Å². The quantitative estimate of drug-likeness (QED) is 0.914. The zero-order chi connectivity index (χ0) is 13.8. The molecule has 0 aliphatic carbocycles. The minimum atomic E-state index is -1.17. The molecule has 1 aromatic heterocycles. The van der Waals surface area contributed by atoms with Gasteiger partial charge in [-0.25, -0.2) is 14.2 Å². The Morgan fingerprint density at radius 1 is 1.37 bits per heavy atom. The van der Waals surface area contributed by atoms with E-state index in [4.69, 9.17) is 9.84 Å². The molecule has 0 bridgehead atoms. The number of hydrogen-bond acceptors (Lipinski definition) is 4. The third kappa shape index (κ3) is 3.25. The van der Waals surface area contributed by atoms with Gasteiger partial charge in [0, 0.05) is 11.3 Å². The van der Waals surface area contributed by atoms with E-state index in [1.54, 1.807) is 25.1 Å². The number of hydrogen-bond donors (Lipinski definition) is 1. The molecule has 5 nitrogen and oxygen atoms in total. The number of halogens is 1. The van der Waals surface area contributed by atoms with Crippen molar-refractivity contribution >= 4 is 5.97 Å². The molecule has 0 unspecified atom stereocenters. The van der Waals surface area contributed by atoms with E-state index in [2.05, 4.69) is 9.97 Å². The first-order valence-corrected chi connectivity index (χ1v) is 5.51. The van der Waals surface area contributed by atoms with Crippen LogP contribution in [0.5, 0.6) is 6.01 Å². The highest BCUT2D eigenvalue weighted by atomic mass is 19.1. The molecule has 0 radical (unpaired) electrons. The Morgan fingerprint density at radius 2 is 2.11 bits per heavy atom. The second kappa shape index (κ2) is 5.43. The van der Waals surface area contributed by atoms with Gasteiger partial charge >= 0.3 is 12.0 Å². The zero-order valence-electron chi connectivity index (χ0n) is 10.1. The lowest BCUT2D eigenvalue weighted by Gasteiger charge is -2.06. The van der Waals surface area contributed by atoms with Crippen LogP contribution in [0.2, 0.25) is 0 Å². The Kier molecular flexibility index (Phi) is 3.70. The molecule has 6 heteroatoms. The average molecular weight is 262 g/mol. The van der Waals surface area contributed by atoms with Crippen molar-refractivity contribution in [1.82, 2.24) is 9.97 Å². The van der Waals surface area contributed by atoms with Crippen molar-refractivity contribution in [3.8, 4) is 6.01 Å². The highest BCUT2D eigenvalue weighted by Gasteiger charge is 2.10. The number of rotatable bonds is 4. The van der Waals surface area contributed by atoms with Gasteiger partial charge in [0.15, 0.2) is 5.69 Å². The summed E-state index contributed by atoms with van der Waals surface area (Å²) in [7, 11) is 0. The molecule has 1 aromatic carbocycles. The van der Waals surface area contributed by atoms with Crippen LogP contribution in [0.1, 0.15) is 21.7 Å². The summed E-state index contributed by atoms with van der Waals surface area (Å²) in [5.41, 5.74) is 0.663. The summed E-state index contributed by atoms with van der Waals surface area (Å²) < 4.78 is 18.6. The van der Waals surface area contributed by atoms with Gasteiger partial charge in [-0.15, -0.1) is 0 Å². The molecular weight excluding hydrogens is 251 g/mol. The van der Waals surface area contributed by atoms with Crippen LogP contribution in [0.15, 0.2) is 30.3 Å². The number of aryl methyl sites for hydroxylation is 1. The standard InChI is InChI=1S/C13H11FN2O3/c1-8-6-11(12(17)18)16-13(15-8)19-7-9-4-2-3-5-10(9)14/h2-6H,7H2,1H3,(H,17,18). The lowest BCUT2D eigenvalue weighted by molar-refractivity contribution is 0.0688. The van der Waals surface area contributed by atoms with Gasteiger partial charge in [-0.05, 0) is 19.1 Å². The number of ether oxygens (including phenoxy) is 1. The Balaban J connectivity index is 2.16. The molecule has 2 aromatic rings. The van der Waals surface area contributed by atoms with E-state index in [9.17, 15) is 9.18 Å². The monoisotopic (exact) mass is 262 g/mol. The Morgan fingerprint density at radius 3 is 2.79 bits per heavy atom. The Hall–Kier alpha value is -2.50. The van der Waals surface area contributed by atoms with Crippen molar-refractivity contribution in [3.63, 3.8) is 0 Å². The minimum Gasteiger partial charge on any atom is -0.477 e. The van der Waals surface area contributed by atoms with Crippen LogP contribution in [0, 0.1) is 12.7 Å². The fourth-order valence-electron chi connectivity index (χ4n) is 1.47. The SMILES string of the molecule is Cc1cc(C(=O)O)nc(OCc2ccccc2F)n1. The first kappa shape index (κ1) is 12.9. The van der Waals surface area contributed by atoms with E-state index in [1.807, 2.05) is 0 Å². The van der Waals surface area contributed by atoms with E-state index < -0.39 is 11.8 Å². The molecular formula is C13H11FN2O3. The Labute approximate surface area is 108 Å². The zero-order valence-corrected chi connectivity index (χ0v) is 10.1. The van der Waals surface area contributed by atoms with Gasteiger partial charge in [-0.3, -0.25) is 0 Å². The van der Waals surface area contributed by atoms with Crippen molar-refractivity contribution in [1.29, 1.82) is 0 Å². The summed E-state index contributed by atoms with van der Waals surface area (Å²) in [6, 6.07) is 7.40. The third-order valence-corrected chi connectivity index (χ3v) is 2.37. The molecule has 0 spiro atoms. The van der Waals surface area contributed by atoms with E-state index in [-0.39, 0.29) is 18.3 Å². The fourth-order valence-corrected chi connectivity index (χ4v) is 1.47. The van der Waals surface area contributed by atoms with Gasteiger partial charge in [0.25, 0.3) is 0 Å². The summed E-state index contributed by atoms with van der Waals surface area (Å²) in [6.45, 7) is 1.57. The second-order valence-electron chi connectivity index (χ2n) is 3.86. The van der Waals surface area contributed by atoms with Crippen molar-refractivity contribution in [2.75, 3.05) is 0 Å². The molecule has 2 rings (SSSR count). The van der Waals surface area contributed by atoms with Gasteiger partial charge in [-0.1, -0.05) is 18.2 Å². The van der Waals surface area contributed by atoms with Crippen molar-refractivity contribution in [2.45, 2.75) is 13.5 Å². The summed E-state index contributed by atoms with van der Waals surface area (Å²) in [4.78, 5) is 18.5. The van der Waals surface area contributed by atoms with Crippen molar-refractivity contribution < 1.29 is 19.0 Å². The van der Waals surface area contributed by atoms with Crippen LogP contribution in [-0.4, -0.2) is 21.0 Å². The van der Waals surface area contributed by atoms with Crippen LogP contribution in [0.4, 0.5) is 4.39 Å². The number of carboxylic acids is 1. The Bertz CT molecular complexity index is 617. The van der Waals surface area contributed by atoms with Gasteiger partial charge in [0.1, 0.15) is 12.4 Å². The topological polar surface area (TPSA) is 72.3 Å². The molecule has 0 aliphatic rings. The predicted molar refractivity (Wildman–Crippen MR) is 64.5 cm³/mol. The summed E-state index contributed by atoms with van der Waals surface area (Å²) in [5.74, 6) is -1.56. The van der Waals surface area contributed by atoms with E-state index >= 15 is 0 Å². The molecule has 0 saturated carbocycles. The molecule has 0 fully saturated rings. The number of nitrogens with zero attached hydrogens (tertiary/aromatic N) is 2. The molecule has 19 heavy (non-hydrogen) atoms. The van der Waals surface area contributed by atoms with Crippen LogP contribution in [0.25, 0.3) is 0 Å². The third-order valence-electron chi connectivity index (χ3n) is 2.37. The summed E-state index contributed by atoms with van der Waals surface area (Å²) in [6.07, 6.45) is 0. The average Bonchev–Trinajstić information content (AvgIpc) is 2.37. The van der Waals surface area contributed by atoms with E-state index in [0.717, 1.165) is 0 Å².